The van der Waals surface area contributed by atoms with Gasteiger partial charge in [0.2, 0.25) is 0 Å². The van der Waals surface area contributed by atoms with E-state index in [0.29, 0.717) is 6.04 Å². The van der Waals surface area contributed by atoms with Gasteiger partial charge in [-0.25, -0.2) is 0 Å². The van der Waals surface area contributed by atoms with Gasteiger partial charge in [-0.3, -0.25) is 9.80 Å². The fraction of sp³-hybridized carbons (Fsp3) is 0.529. The van der Waals surface area contributed by atoms with Crippen LogP contribution in [0.2, 0.25) is 0 Å². The van der Waals surface area contributed by atoms with Gasteiger partial charge in [-0.05, 0) is 25.5 Å². The van der Waals surface area contributed by atoms with E-state index in [4.69, 9.17) is 5.11 Å². The molecule has 1 heterocycles. The Morgan fingerprint density at radius 1 is 1.15 bits per heavy atom. The Morgan fingerprint density at radius 2 is 1.85 bits per heavy atom. The predicted octanol–water partition coefficient (Wildman–Crippen LogP) is 1.56. The topological polar surface area (TPSA) is 26.7 Å². The van der Waals surface area contributed by atoms with E-state index in [-0.39, 0.29) is 6.61 Å². The number of hydrogen-bond donors (Lipinski definition) is 1. The van der Waals surface area contributed by atoms with Crippen LogP contribution in [0, 0.1) is 11.8 Å². The minimum Gasteiger partial charge on any atom is -0.384 e. The molecule has 1 saturated heterocycles. The van der Waals surface area contributed by atoms with Crippen LogP contribution in [0.3, 0.4) is 0 Å². The highest BCUT2D eigenvalue weighted by Crippen LogP contribution is 2.13. The summed E-state index contributed by atoms with van der Waals surface area (Å²) < 4.78 is 0. The molecule has 108 valence electrons. The molecule has 1 fully saturated rings. The second-order valence-corrected chi connectivity index (χ2v) is 5.52. The Kier molecular flexibility index (Phi) is 5.60. The fourth-order valence-corrected chi connectivity index (χ4v) is 2.59. The molecule has 1 aliphatic rings. The average molecular weight is 272 g/mol. The van der Waals surface area contributed by atoms with Gasteiger partial charge in [-0.1, -0.05) is 30.0 Å². The molecule has 1 N–H and O–H groups in total. The zero-order chi connectivity index (χ0) is 14.4. The summed E-state index contributed by atoms with van der Waals surface area (Å²) >= 11 is 0. The van der Waals surface area contributed by atoms with Crippen molar-refractivity contribution >= 4 is 0 Å². The smallest absolute Gasteiger partial charge is 0.104 e. The first kappa shape index (κ1) is 15.1. The van der Waals surface area contributed by atoms with Gasteiger partial charge in [-0.15, -0.1) is 0 Å². The summed E-state index contributed by atoms with van der Waals surface area (Å²) in [6, 6.07) is 8.86. The lowest BCUT2D eigenvalue weighted by Gasteiger charge is -2.37. The summed E-state index contributed by atoms with van der Waals surface area (Å²) in [6.07, 6.45) is 0. The zero-order valence-electron chi connectivity index (χ0n) is 12.5. The zero-order valence-corrected chi connectivity index (χ0v) is 12.5. The summed E-state index contributed by atoms with van der Waals surface area (Å²) in [5.41, 5.74) is 2.29. The first-order chi connectivity index (χ1) is 9.70. The van der Waals surface area contributed by atoms with Crippen molar-refractivity contribution in [2.75, 3.05) is 32.8 Å². The van der Waals surface area contributed by atoms with Crippen molar-refractivity contribution in [1.82, 2.24) is 9.80 Å². The van der Waals surface area contributed by atoms with Crippen LogP contribution in [0.15, 0.2) is 24.3 Å². The fourth-order valence-electron chi connectivity index (χ4n) is 2.59. The third-order valence-corrected chi connectivity index (χ3v) is 3.85. The largest absolute Gasteiger partial charge is 0.384 e. The normalized spacial score (nSPS) is 17.0. The molecule has 0 bridgehead atoms. The Morgan fingerprint density at radius 3 is 2.50 bits per heavy atom. The molecule has 0 amide bonds. The summed E-state index contributed by atoms with van der Waals surface area (Å²) in [4.78, 5) is 5.01. The van der Waals surface area contributed by atoms with Crippen LogP contribution in [0.4, 0.5) is 0 Å². The van der Waals surface area contributed by atoms with Gasteiger partial charge in [0.15, 0.2) is 0 Å². The molecule has 1 aliphatic heterocycles. The molecule has 0 radical (unpaired) electrons. The Hall–Kier alpha value is -1.34. The highest BCUT2D eigenvalue weighted by molar-refractivity contribution is 5.41. The summed E-state index contributed by atoms with van der Waals surface area (Å²) in [6.45, 7) is 9.89. The first-order valence-electron chi connectivity index (χ1n) is 7.34. The average Bonchev–Trinajstić information content (AvgIpc) is 2.47. The minimum atomic E-state index is -0.0819. The third kappa shape index (κ3) is 4.08. The van der Waals surface area contributed by atoms with Crippen molar-refractivity contribution in [3.05, 3.63) is 35.4 Å². The van der Waals surface area contributed by atoms with E-state index in [1.165, 1.54) is 5.56 Å². The second-order valence-electron chi connectivity index (χ2n) is 5.52. The Balaban J connectivity index is 1.98. The molecule has 3 heteroatoms. The van der Waals surface area contributed by atoms with Gasteiger partial charge < -0.3 is 5.11 Å². The van der Waals surface area contributed by atoms with E-state index >= 15 is 0 Å². The molecule has 0 aliphatic carbocycles. The third-order valence-electron chi connectivity index (χ3n) is 3.85. The number of aliphatic hydroxyl groups excluding tert-OH is 1. The molecule has 3 nitrogen and oxygen atoms in total. The molecular formula is C17H24N2O. The van der Waals surface area contributed by atoms with E-state index in [1.807, 2.05) is 12.1 Å². The van der Waals surface area contributed by atoms with Gasteiger partial charge >= 0.3 is 0 Å². The van der Waals surface area contributed by atoms with Gasteiger partial charge in [0.1, 0.15) is 6.61 Å². The van der Waals surface area contributed by atoms with Crippen molar-refractivity contribution < 1.29 is 5.11 Å². The molecule has 0 saturated carbocycles. The monoisotopic (exact) mass is 272 g/mol. The second kappa shape index (κ2) is 7.44. The lowest BCUT2D eigenvalue weighted by molar-refractivity contribution is 0.104. The molecule has 0 atom stereocenters. The van der Waals surface area contributed by atoms with Crippen LogP contribution in [0.25, 0.3) is 0 Å². The van der Waals surface area contributed by atoms with E-state index in [0.717, 1.165) is 38.3 Å². The van der Waals surface area contributed by atoms with E-state index in [1.54, 1.807) is 0 Å². The lowest BCUT2D eigenvalue weighted by atomic mass is 10.1. The molecule has 2 rings (SSSR count). The molecule has 0 spiro atoms. The highest BCUT2D eigenvalue weighted by atomic mass is 16.2. The quantitative estimate of drug-likeness (QED) is 0.846. The van der Waals surface area contributed by atoms with Crippen LogP contribution in [-0.4, -0.2) is 53.7 Å². The standard InChI is InChI=1S/C17H24N2O/c1-15(2)19-11-9-18(10-12-19)14-17-7-4-3-6-16(17)8-5-13-20/h3-4,6-7,15,20H,9-14H2,1-2H3. The number of nitrogens with zero attached hydrogens (tertiary/aromatic N) is 2. The van der Waals surface area contributed by atoms with Crippen LogP contribution >= 0.6 is 0 Å². The first-order valence-corrected chi connectivity index (χ1v) is 7.34. The molecule has 0 unspecified atom stereocenters. The Bertz CT molecular complexity index is 479. The molecule has 1 aromatic carbocycles. The van der Waals surface area contributed by atoms with Crippen molar-refractivity contribution in [3.63, 3.8) is 0 Å². The molecule has 20 heavy (non-hydrogen) atoms. The van der Waals surface area contributed by atoms with Crippen LogP contribution < -0.4 is 0 Å². The molecule has 1 aromatic rings. The maximum atomic E-state index is 8.83. The maximum Gasteiger partial charge on any atom is 0.104 e. The number of aliphatic hydroxyl groups is 1. The lowest BCUT2D eigenvalue weighted by Crippen LogP contribution is -2.48. The molecular weight excluding hydrogens is 248 g/mol. The number of benzene rings is 1. The van der Waals surface area contributed by atoms with Crippen LogP contribution in [-0.2, 0) is 6.54 Å². The number of rotatable bonds is 3. The van der Waals surface area contributed by atoms with Crippen molar-refractivity contribution in [2.45, 2.75) is 26.4 Å². The van der Waals surface area contributed by atoms with Crippen LogP contribution in [0.1, 0.15) is 25.0 Å². The Labute approximate surface area is 122 Å². The highest BCUT2D eigenvalue weighted by Gasteiger charge is 2.19. The van der Waals surface area contributed by atoms with Gasteiger partial charge in [0, 0.05) is 44.3 Å². The van der Waals surface area contributed by atoms with Gasteiger partial charge in [0.05, 0.1) is 0 Å². The minimum absolute atomic E-state index is 0.0819. The van der Waals surface area contributed by atoms with E-state index in [9.17, 15) is 0 Å². The van der Waals surface area contributed by atoms with Gasteiger partial charge in [-0.2, -0.15) is 0 Å². The predicted molar refractivity (Wildman–Crippen MR) is 82.4 cm³/mol. The van der Waals surface area contributed by atoms with E-state index in [2.05, 4.69) is 47.6 Å². The van der Waals surface area contributed by atoms with Gasteiger partial charge in [0.25, 0.3) is 0 Å². The number of hydrogen-bond acceptors (Lipinski definition) is 3. The SMILES string of the molecule is CC(C)N1CCN(Cc2ccccc2C#CCO)CC1. The summed E-state index contributed by atoms with van der Waals surface area (Å²) in [7, 11) is 0. The van der Waals surface area contributed by atoms with Crippen molar-refractivity contribution in [2.24, 2.45) is 0 Å². The maximum absolute atomic E-state index is 8.83. The van der Waals surface area contributed by atoms with E-state index < -0.39 is 0 Å². The van der Waals surface area contributed by atoms with Crippen molar-refractivity contribution in [3.8, 4) is 11.8 Å². The summed E-state index contributed by atoms with van der Waals surface area (Å²) in [5.74, 6) is 5.79. The molecule has 0 aromatic heterocycles. The van der Waals surface area contributed by atoms with Crippen LogP contribution in [0.5, 0.6) is 0 Å². The number of piperazine rings is 1. The summed E-state index contributed by atoms with van der Waals surface area (Å²) in [5, 5.41) is 8.83. The van der Waals surface area contributed by atoms with Crippen molar-refractivity contribution in [1.29, 1.82) is 0 Å².